The molecule has 0 saturated heterocycles. The fraction of sp³-hybridized carbons (Fsp3) is 0.103. The van der Waals surface area contributed by atoms with Gasteiger partial charge in [-0.05, 0) is 62.2 Å². The highest BCUT2D eigenvalue weighted by molar-refractivity contribution is 9.10. The number of aryl methyl sites for hydroxylation is 3. The molecule has 0 spiro atoms. The highest BCUT2D eigenvalue weighted by atomic mass is 79.9. The van der Waals surface area contributed by atoms with Gasteiger partial charge in [0, 0.05) is 27.4 Å². The SMILES string of the molecule is Cc1cc(C)c(-c2nn(-c3ccccc3)cc2/C=c2\sc3nc(-c4ccc(Br)cc4)nn3c2=O)c(C)c1. The van der Waals surface area contributed by atoms with Gasteiger partial charge in [-0.1, -0.05) is 75.3 Å². The minimum atomic E-state index is -0.188. The molecule has 3 heterocycles. The van der Waals surface area contributed by atoms with Crippen LogP contribution in [0.1, 0.15) is 22.3 Å². The standard InChI is InChI=1S/C29H22BrN5OS/c1-17-13-18(2)25(19(3)14-17)26-21(16-34(32-26)23-7-5-4-6-8-23)15-24-28(36)35-29(37-24)31-27(33-35)20-9-11-22(30)12-10-20/h4-16H,1-3H3/b24-15-. The van der Waals surface area contributed by atoms with Gasteiger partial charge < -0.3 is 0 Å². The van der Waals surface area contributed by atoms with Gasteiger partial charge in [0.15, 0.2) is 5.82 Å². The van der Waals surface area contributed by atoms with Gasteiger partial charge >= 0.3 is 0 Å². The van der Waals surface area contributed by atoms with Crippen molar-refractivity contribution in [3.8, 4) is 28.3 Å². The molecule has 0 atom stereocenters. The summed E-state index contributed by atoms with van der Waals surface area (Å²) >= 11 is 4.78. The second-order valence-corrected chi connectivity index (χ2v) is 11.0. The molecule has 0 aliphatic rings. The Morgan fingerprint density at radius 1 is 0.919 bits per heavy atom. The van der Waals surface area contributed by atoms with E-state index in [1.165, 1.54) is 21.4 Å². The number of nitrogens with zero attached hydrogens (tertiary/aromatic N) is 5. The van der Waals surface area contributed by atoms with Crippen molar-refractivity contribution in [3.05, 3.63) is 115 Å². The van der Waals surface area contributed by atoms with Crippen molar-refractivity contribution >= 4 is 38.3 Å². The van der Waals surface area contributed by atoms with E-state index in [0.717, 1.165) is 43.7 Å². The molecule has 3 aromatic carbocycles. The van der Waals surface area contributed by atoms with E-state index in [1.54, 1.807) is 0 Å². The average Bonchev–Trinajstić information content (AvgIpc) is 3.55. The van der Waals surface area contributed by atoms with Crippen LogP contribution in [-0.2, 0) is 0 Å². The van der Waals surface area contributed by atoms with E-state index < -0.39 is 0 Å². The van der Waals surface area contributed by atoms with Crippen molar-refractivity contribution in [2.24, 2.45) is 0 Å². The van der Waals surface area contributed by atoms with Crippen molar-refractivity contribution in [2.75, 3.05) is 0 Å². The summed E-state index contributed by atoms with van der Waals surface area (Å²) in [6, 6.07) is 22.0. The van der Waals surface area contributed by atoms with Crippen molar-refractivity contribution in [2.45, 2.75) is 20.8 Å². The Hall–Kier alpha value is -3.88. The van der Waals surface area contributed by atoms with Crippen molar-refractivity contribution < 1.29 is 0 Å². The zero-order valence-electron chi connectivity index (χ0n) is 20.4. The molecule has 37 heavy (non-hydrogen) atoms. The number of aromatic nitrogens is 5. The van der Waals surface area contributed by atoms with E-state index in [4.69, 9.17) is 5.10 Å². The summed E-state index contributed by atoms with van der Waals surface area (Å²) in [6.45, 7) is 6.30. The second-order valence-electron chi connectivity index (χ2n) is 9.04. The third kappa shape index (κ3) is 4.32. The third-order valence-electron chi connectivity index (χ3n) is 6.25. The van der Waals surface area contributed by atoms with Crippen LogP contribution in [0, 0.1) is 20.8 Å². The normalized spacial score (nSPS) is 12.1. The largest absolute Gasteiger partial charge is 0.291 e. The van der Waals surface area contributed by atoms with Crippen molar-refractivity contribution in [1.82, 2.24) is 24.4 Å². The molecule has 6 aromatic rings. The number of halogens is 1. The average molecular weight is 569 g/mol. The summed E-state index contributed by atoms with van der Waals surface area (Å²) < 4.78 is 4.79. The van der Waals surface area contributed by atoms with Crippen LogP contribution in [0.5, 0.6) is 0 Å². The quantitative estimate of drug-likeness (QED) is 0.266. The Labute approximate surface area is 225 Å². The first-order valence-corrected chi connectivity index (χ1v) is 13.4. The molecule has 0 bridgehead atoms. The van der Waals surface area contributed by atoms with E-state index in [2.05, 4.69) is 58.9 Å². The maximum absolute atomic E-state index is 13.3. The van der Waals surface area contributed by atoms with Crippen molar-refractivity contribution in [3.63, 3.8) is 0 Å². The monoisotopic (exact) mass is 567 g/mol. The molecule has 0 saturated carbocycles. The summed E-state index contributed by atoms with van der Waals surface area (Å²) in [5, 5.41) is 9.47. The van der Waals surface area contributed by atoms with E-state index in [9.17, 15) is 4.79 Å². The van der Waals surface area contributed by atoms with Gasteiger partial charge in [-0.15, -0.1) is 5.10 Å². The molecule has 0 radical (unpaired) electrons. The summed E-state index contributed by atoms with van der Waals surface area (Å²) in [5.41, 5.74) is 7.92. The number of fused-ring (bicyclic) bond motifs is 1. The Kier molecular flexibility index (Phi) is 5.85. The lowest BCUT2D eigenvalue weighted by Gasteiger charge is -2.10. The molecular formula is C29H22BrN5OS. The fourth-order valence-electron chi connectivity index (χ4n) is 4.65. The lowest BCUT2D eigenvalue weighted by atomic mass is 9.95. The molecule has 0 N–H and O–H groups in total. The van der Waals surface area contributed by atoms with Gasteiger partial charge in [-0.25, -0.2) is 4.68 Å². The highest BCUT2D eigenvalue weighted by Gasteiger charge is 2.17. The Bertz CT molecular complexity index is 1860. The van der Waals surface area contributed by atoms with Crippen LogP contribution in [0.2, 0.25) is 0 Å². The first-order valence-electron chi connectivity index (χ1n) is 11.8. The highest BCUT2D eigenvalue weighted by Crippen LogP contribution is 2.31. The summed E-state index contributed by atoms with van der Waals surface area (Å²) in [5.74, 6) is 0.533. The predicted octanol–water partition coefficient (Wildman–Crippen LogP) is 5.91. The zero-order valence-corrected chi connectivity index (χ0v) is 22.8. The molecule has 0 aliphatic carbocycles. The number of hydrogen-bond donors (Lipinski definition) is 0. The van der Waals surface area contributed by atoms with Crippen LogP contribution in [0.3, 0.4) is 0 Å². The third-order valence-corrected chi connectivity index (χ3v) is 7.74. The first kappa shape index (κ1) is 23.5. The van der Waals surface area contributed by atoms with Crippen LogP contribution >= 0.6 is 27.3 Å². The van der Waals surface area contributed by atoms with Gasteiger partial charge in [-0.3, -0.25) is 4.79 Å². The van der Waals surface area contributed by atoms with Gasteiger partial charge in [0.2, 0.25) is 4.96 Å². The van der Waals surface area contributed by atoms with Crippen LogP contribution < -0.4 is 10.1 Å². The molecule has 8 heteroatoms. The molecule has 0 aliphatic heterocycles. The Morgan fingerprint density at radius 3 is 2.30 bits per heavy atom. The Morgan fingerprint density at radius 2 is 1.62 bits per heavy atom. The topological polar surface area (TPSA) is 65.1 Å². The molecule has 0 unspecified atom stereocenters. The summed E-state index contributed by atoms with van der Waals surface area (Å²) in [4.78, 5) is 18.5. The molecule has 6 nitrogen and oxygen atoms in total. The number of rotatable bonds is 4. The van der Waals surface area contributed by atoms with E-state index >= 15 is 0 Å². The van der Waals surface area contributed by atoms with Gasteiger partial charge in [-0.2, -0.15) is 14.6 Å². The lowest BCUT2D eigenvalue weighted by Crippen LogP contribution is -2.23. The van der Waals surface area contributed by atoms with Crippen LogP contribution in [-0.4, -0.2) is 24.4 Å². The minimum absolute atomic E-state index is 0.188. The molecule has 0 fully saturated rings. The molecular weight excluding hydrogens is 546 g/mol. The van der Waals surface area contributed by atoms with E-state index in [1.807, 2.05) is 71.6 Å². The number of benzene rings is 3. The summed E-state index contributed by atoms with van der Waals surface area (Å²) in [7, 11) is 0. The molecule has 0 amide bonds. The molecule has 6 rings (SSSR count). The van der Waals surface area contributed by atoms with Crippen LogP contribution in [0.4, 0.5) is 0 Å². The zero-order chi connectivity index (χ0) is 25.7. The van der Waals surface area contributed by atoms with Gasteiger partial charge in [0.1, 0.15) is 5.69 Å². The minimum Gasteiger partial charge on any atom is -0.266 e. The number of para-hydroxylation sites is 1. The maximum atomic E-state index is 13.3. The Balaban J connectivity index is 1.52. The van der Waals surface area contributed by atoms with Crippen molar-refractivity contribution in [1.29, 1.82) is 0 Å². The molecule has 182 valence electrons. The van der Waals surface area contributed by atoms with Gasteiger partial charge in [0.05, 0.1) is 10.2 Å². The van der Waals surface area contributed by atoms with Gasteiger partial charge in [0.25, 0.3) is 5.56 Å². The smallest absolute Gasteiger partial charge is 0.266 e. The van der Waals surface area contributed by atoms with Crippen LogP contribution in [0.25, 0.3) is 39.4 Å². The maximum Gasteiger partial charge on any atom is 0.291 e. The second kappa shape index (κ2) is 9.21. The predicted molar refractivity (Wildman–Crippen MR) is 152 cm³/mol. The van der Waals surface area contributed by atoms with E-state index in [-0.39, 0.29) is 5.56 Å². The summed E-state index contributed by atoms with van der Waals surface area (Å²) in [6.07, 6.45) is 3.88. The molecule has 3 aromatic heterocycles. The number of hydrogen-bond acceptors (Lipinski definition) is 5. The lowest BCUT2D eigenvalue weighted by molar-refractivity contribution is 0.883. The fourth-order valence-corrected chi connectivity index (χ4v) is 5.81. The van der Waals surface area contributed by atoms with Crippen LogP contribution in [0.15, 0.2) is 82.2 Å². The first-order chi connectivity index (χ1) is 17.9. The van der Waals surface area contributed by atoms with E-state index in [0.29, 0.717) is 15.3 Å². The number of thiazole rings is 1.